The Morgan fingerprint density at radius 3 is 2.57 bits per heavy atom. The third kappa shape index (κ3) is 3.36. The van der Waals surface area contributed by atoms with Crippen LogP contribution in [-0.2, 0) is 0 Å². The van der Waals surface area contributed by atoms with Gasteiger partial charge in [-0.05, 0) is 36.8 Å². The van der Waals surface area contributed by atoms with Crippen molar-refractivity contribution in [3.05, 3.63) is 53.3 Å². The quantitative estimate of drug-likeness (QED) is 0.900. The van der Waals surface area contributed by atoms with Crippen molar-refractivity contribution in [3.8, 4) is 5.75 Å². The van der Waals surface area contributed by atoms with Gasteiger partial charge < -0.3 is 15.2 Å². The molecule has 0 radical (unpaired) electrons. The van der Waals surface area contributed by atoms with Gasteiger partial charge in [0.15, 0.2) is 0 Å². The number of carboxylic acid groups (broad SMARTS) is 1. The molecule has 6 heteroatoms. The molecule has 2 N–H and O–H groups in total. The molecule has 0 aliphatic carbocycles. The van der Waals surface area contributed by atoms with Gasteiger partial charge in [-0.25, -0.2) is 9.78 Å². The molecule has 108 valence electrons. The fraction of sp³-hybridized carbons (Fsp3) is 0.133. The number of nitrogens with zero attached hydrogens (tertiary/aromatic N) is 1. The second-order valence-corrected chi connectivity index (χ2v) is 4.38. The lowest BCUT2D eigenvalue weighted by molar-refractivity contribution is 0.0690. The normalized spacial score (nSPS) is 10.0. The van der Waals surface area contributed by atoms with Crippen molar-refractivity contribution < 1.29 is 19.4 Å². The number of hydrogen-bond acceptors (Lipinski definition) is 4. The average Bonchev–Trinajstić information content (AvgIpc) is 2.48. The monoisotopic (exact) mass is 286 g/mol. The smallest absolute Gasteiger partial charge is 0.354 e. The number of aryl methyl sites for hydroxylation is 1. The second-order valence-electron chi connectivity index (χ2n) is 4.38. The Morgan fingerprint density at radius 1 is 1.24 bits per heavy atom. The summed E-state index contributed by atoms with van der Waals surface area (Å²) in [6.45, 7) is 1.88. The molecule has 0 saturated carbocycles. The standard InChI is InChI=1S/C15H14N2O4/c1-9-3-4-10(7-13(9)21-2)14(18)17-11-5-6-12(15(19)20)16-8-11/h3-8H,1-2H3,(H,17,18)(H,19,20). The summed E-state index contributed by atoms with van der Waals surface area (Å²) in [7, 11) is 1.54. The highest BCUT2D eigenvalue weighted by Crippen LogP contribution is 2.19. The molecule has 1 amide bonds. The van der Waals surface area contributed by atoms with E-state index in [1.165, 1.54) is 18.3 Å². The first kappa shape index (κ1) is 14.5. The number of amides is 1. The molecular formula is C15H14N2O4. The first-order valence-electron chi connectivity index (χ1n) is 6.16. The third-order valence-electron chi connectivity index (χ3n) is 2.91. The van der Waals surface area contributed by atoms with Crippen LogP contribution in [0.1, 0.15) is 26.4 Å². The molecule has 6 nitrogen and oxygen atoms in total. The van der Waals surface area contributed by atoms with Crippen molar-refractivity contribution in [1.82, 2.24) is 4.98 Å². The Balaban J connectivity index is 2.15. The summed E-state index contributed by atoms with van der Waals surface area (Å²) in [5, 5.41) is 11.4. The number of carbonyl (C=O) groups is 2. The summed E-state index contributed by atoms with van der Waals surface area (Å²) in [5.74, 6) is -0.809. The number of aromatic carboxylic acids is 1. The summed E-state index contributed by atoms with van der Waals surface area (Å²) < 4.78 is 5.17. The molecule has 2 aromatic rings. The minimum absolute atomic E-state index is 0.0787. The Morgan fingerprint density at radius 2 is 2.00 bits per heavy atom. The van der Waals surface area contributed by atoms with E-state index < -0.39 is 5.97 Å². The van der Waals surface area contributed by atoms with Crippen LogP contribution in [0.3, 0.4) is 0 Å². The fourth-order valence-corrected chi connectivity index (χ4v) is 1.76. The highest BCUT2D eigenvalue weighted by Gasteiger charge is 2.10. The summed E-state index contributed by atoms with van der Waals surface area (Å²) in [6, 6.07) is 7.93. The number of nitrogens with one attached hydrogen (secondary N) is 1. The number of rotatable bonds is 4. The van der Waals surface area contributed by atoms with E-state index in [0.29, 0.717) is 17.0 Å². The molecule has 21 heavy (non-hydrogen) atoms. The van der Waals surface area contributed by atoms with Crippen molar-refractivity contribution >= 4 is 17.6 Å². The lowest BCUT2D eigenvalue weighted by atomic mass is 10.1. The molecule has 0 atom stereocenters. The minimum atomic E-state index is -1.11. The number of hydrogen-bond donors (Lipinski definition) is 2. The number of carbonyl (C=O) groups excluding carboxylic acids is 1. The molecule has 0 aliphatic heterocycles. The van der Waals surface area contributed by atoms with Crippen LogP contribution in [0.2, 0.25) is 0 Å². The van der Waals surface area contributed by atoms with Crippen LogP contribution in [-0.4, -0.2) is 29.1 Å². The molecule has 1 aromatic carbocycles. The predicted molar refractivity (Wildman–Crippen MR) is 76.9 cm³/mol. The summed E-state index contributed by atoms with van der Waals surface area (Å²) in [6.07, 6.45) is 1.30. The number of anilines is 1. The molecule has 0 spiro atoms. The van der Waals surface area contributed by atoms with Crippen molar-refractivity contribution in [2.75, 3.05) is 12.4 Å². The molecule has 0 bridgehead atoms. The molecule has 0 unspecified atom stereocenters. The van der Waals surface area contributed by atoms with E-state index in [1.807, 2.05) is 6.92 Å². The largest absolute Gasteiger partial charge is 0.496 e. The van der Waals surface area contributed by atoms with Crippen LogP contribution < -0.4 is 10.1 Å². The van der Waals surface area contributed by atoms with E-state index in [4.69, 9.17) is 9.84 Å². The van der Waals surface area contributed by atoms with E-state index in [9.17, 15) is 9.59 Å². The number of methoxy groups -OCH3 is 1. The number of benzene rings is 1. The van der Waals surface area contributed by atoms with Crippen LogP contribution in [0, 0.1) is 6.92 Å². The molecular weight excluding hydrogens is 272 g/mol. The van der Waals surface area contributed by atoms with Gasteiger partial charge in [0, 0.05) is 5.56 Å². The van der Waals surface area contributed by atoms with Gasteiger partial charge in [0.05, 0.1) is 19.0 Å². The minimum Gasteiger partial charge on any atom is -0.496 e. The maximum atomic E-state index is 12.1. The zero-order valence-corrected chi connectivity index (χ0v) is 11.6. The lowest BCUT2D eigenvalue weighted by Gasteiger charge is -2.08. The van der Waals surface area contributed by atoms with Crippen LogP contribution in [0.15, 0.2) is 36.5 Å². The van der Waals surface area contributed by atoms with E-state index in [1.54, 1.807) is 25.3 Å². The highest BCUT2D eigenvalue weighted by molar-refractivity contribution is 6.04. The van der Waals surface area contributed by atoms with Gasteiger partial charge in [0.2, 0.25) is 0 Å². The molecule has 1 heterocycles. The molecule has 2 rings (SSSR count). The van der Waals surface area contributed by atoms with Crippen molar-refractivity contribution in [3.63, 3.8) is 0 Å². The van der Waals surface area contributed by atoms with E-state index >= 15 is 0 Å². The molecule has 0 saturated heterocycles. The zero-order chi connectivity index (χ0) is 15.4. The molecule has 1 aromatic heterocycles. The number of pyridine rings is 1. The number of aromatic nitrogens is 1. The van der Waals surface area contributed by atoms with E-state index in [0.717, 1.165) is 5.56 Å². The van der Waals surface area contributed by atoms with Gasteiger partial charge >= 0.3 is 5.97 Å². The molecule has 0 aliphatic rings. The van der Waals surface area contributed by atoms with Crippen molar-refractivity contribution in [2.24, 2.45) is 0 Å². The Hall–Kier alpha value is -2.89. The van der Waals surface area contributed by atoms with E-state index in [2.05, 4.69) is 10.3 Å². The van der Waals surface area contributed by atoms with Crippen LogP contribution in [0.25, 0.3) is 0 Å². The van der Waals surface area contributed by atoms with Crippen molar-refractivity contribution in [2.45, 2.75) is 6.92 Å². The predicted octanol–water partition coefficient (Wildman–Crippen LogP) is 2.35. The Kier molecular flexibility index (Phi) is 4.18. The lowest BCUT2D eigenvalue weighted by Crippen LogP contribution is -2.12. The summed E-state index contributed by atoms with van der Waals surface area (Å²) in [5.41, 5.74) is 1.72. The SMILES string of the molecule is COc1cc(C(=O)Nc2ccc(C(=O)O)nc2)ccc1C. The van der Waals surface area contributed by atoms with Gasteiger partial charge in [-0.1, -0.05) is 6.07 Å². The second kappa shape index (κ2) is 6.04. The first-order valence-corrected chi connectivity index (χ1v) is 6.16. The maximum absolute atomic E-state index is 12.1. The van der Waals surface area contributed by atoms with Gasteiger partial charge in [-0.3, -0.25) is 4.79 Å². The van der Waals surface area contributed by atoms with Gasteiger partial charge in [-0.2, -0.15) is 0 Å². The van der Waals surface area contributed by atoms with E-state index in [-0.39, 0.29) is 11.6 Å². The van der Waals surface area contributed by atoms with Crippen molar-refractivity contribution in [1.29, 1.82) is 0 Å². The zero-order valence-electron chi connectivity index (χ0n) is 11.6. The Bertz CT molecular complexity index is 681. The van der Waals surface area contributed by atoms with Gasteiger partial charge in [0.1, 0.15) is 11.4 Å². The topological polar surface area (TPSA) is 88.5 Å². The fourth-order valence-electron chi connectivity index (χ4n) is 1.76. The van der Waals surface area contributed by atoms with Crippen LogP contribution >= 0.6 is 0 Å². The average molecular weight is 286 g/mol. The van der Waals surface area contributed by atoms with Crippen LogP contribution in [0.5, 0.6) is 5.75 Å². The molecule has 0 fully saturated rings. The Labute approximate surface area is 121 Å². The van der Waals surface area contributed by atoms with Gasteiger partial charge in [0.25, 0.3) is 5.91 Å². The first-order chi connectivity index (χ1) is 10.0. The highest BCUT2D eigenvalue weighted by atomic mass is 16.5. The third-order valence-corrected chi connectivity index (χ3v) is 2.91. The number of ether oxygens (including phenoxy) is 1. The summed E-state index contributed by atoms with van der Waals surface area (Å²) in [4.78, 5) is 26.5. The van der Waals surface area contributed by atoms with Gasteiger partial charge in [-0.15, -0.1) is 0 Å². The maximum Gasteiger partial charge on any atom is 0.354 e. The number of carboxylic acids is 1. The summed E-state index contributed by atoms with van der Waals surface area (Å²) >= 11 is 0. The van der Waals surface area contributed by atoms with Crippen LogP contribution in [0.4, 0.5) is 5.69 Å².